The van der Waals surface area contributed by atoms with E-state index in [4.69, 9.17) is 9.51 Å². The summed E-state index contributed by atoms with van der Waals surface area (Å²) in [5.41, 5.74) is 6.13. The maximum atomic E-state index is 13.8. The molecule has 0 bridgehead atoms. The highest BCUT2D eigenvalue weighted by Gasteiger charge is 2.16. The second-order valence-electron chi connectivity index (χ2n) is 9.88. The molecule has 0 amide bonds. The average molecular weight is 539 g/mol. The molecular formula is C32H31FN4O3. The van der Waals surface area contributed by atoms with Gasteiger partial charge in [0.2, 0.25) is 0 Å². The smallest absolute Gasteiger partial charge is 0.296 e. The number of hydrogen-bond donors (Lipinski definition) is 1. The number of aryl methyl sites for hydroxylation is 3. The minimum atomic E-state index is -0.603. The van der Waals surface area contributed by atoms with Crippen molar-refractivity contribution in [2.45, 2.75) is 52.5 Å². The Morgan fingerprint density at radius 3 is 2.27 bits per heavy atom. The Morgan fingerprint density at radius 1 is 0.900 bits per heavy atom. The Kier molecular flexibility index (Phi) is 8.15. The van der Waals surface area contributed by atoms with Crippen LogP contribution in [0.1, 0.15) is 48.0 Å². The number of H-pyrrole nitrogens is 1. The highest BCUT2D eigenvalue weighted by Crippen LogP contribution is 2.30. The molecule has 0 atom stereocenters. The van der Waals surface area contributed by atoms with Crippen LogP contribution < -0.4 is 11.3 Å². The van der Waals surface area contributed by atoms with Gasteiger partial charge in [-0.1, -0.05) is 79.2 Å². The highest BCUT2D eigenvalue weighted by atomic mass is 19.1. The van der Waals surface area contributed by atoms with Gasteiger partial charge in [-0.15, -0.1) is 0 Å². The summed E-state index contributed by atoms with van der Waals surface area (Å²) in [6.45, 7) is 4.48. The van der Waals surface area contributed by atoms with Gasteiger partial charge in [0.25, 0.3) is 5.56 Å². The van der Waals surface area contributed by atoms with Gasteiger partial charge in [-0.25, -0.2) is 14.2 Å². The molecular weight excluding hydrogens is 507 g/mol. The lowest BCUT2D eigenvalue weighted by Gasteiger charge is -2.16. The van der Waals surface area contributed by atoms with Crippen LogP contribution in [-0.2, 0) is 25.8 Å². The molecule has 5 rings (SSSR count). The standard InChI is InChI=1S/C32H31FN4O3/c1-3-4-9-29-28(31(38)37(21(2)34-29)19-18-22-12-16-25(33)17-13-22)20-23-10-14-24(15-11-23)26-7-5-6-8-27(26)30-35-32(39)40-36-30/h5-8,10-17H,3-4,9,18-20H2,1-2H3,(H,35,36,39). The zero-order chi connectivity index (χ0) is 28.1. The Hall–Kier alpha value is -4.59. The van der Waals surface area contributed by atoms with E-state index < -0.39 is 5.76 Å². The maximum Gasteiger partial charge on any atom is 0.439 e. The molecule has 2 aromatic heterocycles. The predicted octanol–water partition coefficient (Wildman–Crippen LogP) is 5.88. The van der Waals surface area contributed by atoms with Gasteiger partial charge in [-0.2, -0.15) is 0 Å². The second-order valence-corrected chi connectivity index (χ2v) is 9.88. The first kappa shape index (κ1) is 27.0. The molecule has 0 unspecified atom stereocenters. The SMILES string of the molecule is CCCCc1nc(C)n(CCc2ccc(F)cc2)c(=O)c1Cc1ccc(-c2ccccc2-c2noc(=O)[nH]2)cc1. The number of aromatic amines is 1. The van der Waals surface area contributed by atoms with Crippen LogP contribution in [0, 0.1) is 12.7 Å². The van der Waals surface area contributed by atoms with Gasteiger partial charge in [0.15, 0.2) is 5.82 Å². The second kappa shape index (κ2) is 12.1. The van der Waals surface area contributed by atoms with E-state index in [1.165, 1.54) is 12.1 Å². The number of unbranched alkanes of at least 4 members (excludes halogenated alkanes) is 1. The third-order valence-corrected chi connectivity index (χ3v) is 7.11. The van der Waals surface area contributed by atoms with Crippen LogP contribution in [0.2, 0.25) is 0 Å². The molecule has 40 heavy (non-hydrogen) atoms. The molecule has 3 aromatic carbocycles. The molecule has 0 fully saturated rings. The van der Waals surface area contributed by atoms with Crippen molar-refractivity contribution in [3.05, 3.63) is 128 Å². The van der Waals surface area contributed by atoms with E-state index in [0.717, 1.165) is 52.8 Å². The van der Waals surface area contributed by atoms with Crippen LogP contribution in [0.25, 0.3) is 22.5 Å². The molecule has 0 saturated carbocycles. The van der Waals surface area contributed by atoms with Crippen molar-refractivity contribution in [1.29, 1.82) is 0 Å². The Bertz CT molecular complexity index is 1720. The summed E-state index contributed by atoms with van der Waals surface area (Å²) < 4.78 is 19.8. The number of nitrogens with one attached hydrogen (secondary N) is 1. The summed E-state index contributed by atoms with van der Waals surface area (Å²) in [5, 5.41) is 3.84. The first-order chi connectivity index (χ1) is 19.4. The highest BCUT2D eigenvalue weighted by molar-refractivity contribution is 5.80. The summed E-state index contributed by atoms with van der Waals surface area (Å²) in [7, 11) is 0. The predicted molar refractivity (Wildman–Crippen MR) is 153 cm³/mol. The fourth-order valence-electron chi connectivity index (χ4n) is 4.93. The summed E-state index contributed by atoms with van der Waals surface area (Å²) in [5.74, 6) is 0.190. The number of rotatable bonds is 10. The fourth-order valence-corrected chi connectivity index (χ4v) is 4.93. The lowest BCUT2D eigenvalue weighted by molar-refractivity contribution is 0.388. The number of halogens is 1. The molecule has 0 saturated heterocycles. The van der Waals surface area contributed by atoms with E-state index in [1.54, 1.807) is 16.7 Å². The van der Waals surface area contributed by atoms with Gasteiger partial charge in [-0.3, -0.25) is 18.9 Å². The average Bonchev–Trinajstić information content (AvgIpc) is 3.41. The van der Waals surface area contributed by atoms with Crippen molar-refractivity contribution < 1.29 is 8.91 Å². The van der Waals surface area contributed by atoms with E-state index in [-0.39, 0.29) is 11.4 Å². The molecule has 2 heterocycles. The number of nitrogens with zero attached hydrogens (tertiary/aromatic N) is 3. The lowest BCUT2D eigenvalue weighted by Crippen LogP contribution is -2.30. The van der Waals surface area contributed by atoms with E-state index in [1.807, 2.05) is 55.5 Å². The van der Waals surface area contributed by atoms with Crippen molar-refractivity contribution in [2.75, 3.05) is 0 Å². The molecule has 0 spiro atoms. The van der Waals surface area contributed by atoms with Gasteiger partial charge in [-0.05, 0) is 60.6 Å². The monoisotopic (exact) mass is 538 g/mol. The third-order valence-electron chi connectivity index (χ3n) is 7.11. The molecule has 0 aliphatic carbocycles. The first-order valence-electron chi connectivity index (χ1n) is 13.5. The summed E-state index contributed by atoms with van der Waals surface area (Å²) in [4.78, 5) is 32.7. The van der Waals surface area contributed by atoms with Crippen LogP contribution in [0.3, 0.4) is 0 Å². The van der Waals surface area contributed by atoms with Crippen molar-refractivity contribution in [3.8, 4) is 22.5 Å². The van der Waals surface area contributed by atoms with Crippen LogP contribution in [0.5, 0.6) is 0 Å². The van der Waals surface area contributed by atoms with Gasteiger partial charge >= 0.3 is 5.76 Å². The van der Waals surface area contributed by atoms with Crippen molar-refractivity contribution in [3.63, 3.8) is 0 Å². The summed E-state index contributed by atoms with van der Waals surface area (Å²) in [6.07, 6.45) is 3.81. The molecule has 1 N–H and O–H groups in total. The number of benzene rings is 3. The summed E-state index contributed by atoms with van der Waals surface area (Å²) >= 11 is 0. The maximum absolute atomic E-state index is 13.8. The Morgan fingerprint density at radius 2 is 1.60 bits per heavy atom. The van der Waals surface area contributed by atoms with Crippen molar-refractivity contribution in [1.82, 2.24) is 19.7 Å². The molecule has 7 nitrogen and oxygen atoms in total. The van der Waals surface area contributed by atoms with Gasteiger partial charge in [0.05, 0.1) is 5.69 Å². The lowest BCUT2D eigenvalue weighted by atomic mass is 9.96. The Labute approximate surface area is 231 Å². The van der Waals surface area contributed by atoms with Crippen LogP contribution >= 0.6 is 0 Å². The molecule has 0 aliphatic heterocycles. The molecule has 0 aliphatic rings. The topological polar surface area (TPSA) is 93.8 Å². The summed E-state index contributed by atoms with van der Waals surface area (Å²) in [6, 6.07) is 22.1. The van der Waals surface area contributed by atoms with E-state index >= 15 is 0 Å². The number of aromatic nitrogens is 4. The minimum absolute atomic E-state index is 0.0230. The van der Waals surface area contributed by atoms with Crippen LogP contribution in [0.4, 0.5) is 4.39 Å². The van der Waals surface area contributed by atoms with Crippen molar-refractivity contribution >= 4 is 0 Å². The normalized spacial score (nSPS) is 11.2. The third kappa shape index (κ3) is 6.01. The quantitative estimate of drug-likeness (QED) is 0.240. The van der Waals surface area contributed by atoms with Crippen LogP contribution in [0.15, 0.2) is 86.9 Å². The fraction of sp³-hybridized carbons (Fsp3) is 0.250. The molecule has 204 valence electrons. The first-order valence-corrected chi connectivity index (χ1v) is 13.5. The van der Waals surface area contributed by atoms with E-state index in [9.17, 15) is 14.0 Å². The molecule has 5 aromatic rings. The van der Waals surface area contributed by atoms with E-state index in [0.29, 0.717) is 36.6 Å². The Balaban J connectivity index is 1.44. The largest absolute Gasteiger partial charge is 0.439 e. The minimum Gasteiger partial charge on any atom is -0.296 e. The zero-order valence-electron chi connectivity index (χ0n) is 22.6. The van der Waals surface area contributed by atoms with E-state index in [2.05, 4.69) is 17.1 Å². The van der Waals surface area contributed by atoms with Crippen molar-refractivity contribution in [2.24, 2.45) is 0 Å². The molecule has 8 heteroatoms. The molecule has 0 radical (unpaired) electrons. The van der Waals surface area contributed by atoms with Crippen LogP contribution in [-0.4, -0.2) is 19.7 Å². The zero-order valence-corrected chi connectivity index (χ0v) is 22.6. The number of hydrogen-bond acceptors (Lipinski definition) is 5. The van der Waals surface area contributed by atoms with Gasteiger partial charge in [0.1, 0.15) is 11.6 Å². The van der Waals surface area contributed by atoms with Gasteiger partial charge in [0, 0.05) is 24.1 Å². The van der Waals surface area contributed by atoms with Gasteiger partial charge < -0.3 is 0 Å².